The zero-order valence-electron chi connectivity index (χ0n) is 16.0. The predicted molar refractivity (Wildman–Crippen MR) is 108 cm³/mol. The number of nitrogens with one attached hydrogen (secondary N) is 1. The summed E-state index contributed by atoms with van der Waals surface area (Å²) in [7, 11) is 0. The Balaban J connectivity index is 1.38. The van der Waals surface area contributed by atoms with E-state index in [0.29, 0.717) is 5.78 Å². The fourth-order valence-electron chi connectivity index (χ4n) is 3.91. The fourth-order valence-corrected chi connectivity index (χ4v) is 3.91. The summed E-state index contributed by atoms with van der Waals surface area (Å²) in [6, 6.07) is 4.11. The van der Waals surface area contributed by atoms with E-state index < -0.39 is 0 Å². The first-order valence-electron chi connectivity index (χ1n) is 10.1. The van der Waals surface area contributed by atoms with Gasteiger partial charge in [-0.3, -0.25) is 9.69 Å². The first-order valence-corrected chi connectivity index (χ1v) is 10.1. The van der Waals surface area contributed by atoms with E-state index in [1.807, 2.05) is 18.3 Å². The second-order valence-electron chi connectivity index (χ2n) is 7.31. The monoisotopic (exact) mass is 356 g/mol. The molecule has 3 rings (SSSR count). The second kappa shape index (κ2) is 9.72. The van der Waals surface area contributed by atoms with Crippen molar-refractivity contribution in [1.82, 2.24) is 9.88 Å². The van der Waals surface area contributed by atoms with Gasteiger partial charge in [-0.05, 0) is 63.8 Å². The molecule has 1 saturated heterocycles. The molecule has 0 atom stereocenters. The molecule has 0 aromatic carbocycles. The maximum absolute atomic E-state index is 11.5. The number of carbonyl (C=O) groups excluding carboxylic acids is 1. The molecular weight excluding hydrogens is 324 g/mol. The molecule has 1 aliphatic carbocycles. The van der Waals surface area contributed by atoms with Gasteiger partial charge >= 0.3 is 0 Å². The van der Waals surface area contributed by atoms with Crippen LogP contribution in [-0.2, 0) is 4.79 Å². The van der Waals surface area contributed by atoms with Gasteiger partial charge in [0.1, 0.15) is 0 Å². The molecular formula is C21H32N4O. The van der Waals surface area contributed by atoms with E-state index in [9.17, 15) is 4.79 Å². The zero-order valence-corrected chi connectivity index (χ0v) is 16.0. The molecule has 0 unspecified atom stereocenters. The molecule has 0 amide bonds. The molecule has 1 aromatic rings. The van der Waals surface area contributed by atoms with Crippen LogP contribution >= 0.6 is 0 Å². The summed E-state index contributed by atoms with van der Waals surface area (Å²) in [6.45, 7) is 8.47. The molecule has 1 aromatic heterocycles. The Morgan fingerprint density at radius 2 is 2.00 bits per heavy atom. The van der Waals surface area contributed by atoms with Crippen molar-refractivity contribution in [3.05, 3.63) is 30.0 Å². The van der Waals surface area contributed by atoms with E-state index in [1.54, 1.807) is 0 Å². The minimum atomic E-state index is 0.328. The van der Waals surface area contributed by atoms with E-state index in [-0.39, 0.29) is 0 Å². The lowest BCUT2D eigenvalue weighted by atomic mass is 9.95. The average Bonchev–Trinajstić information content (AvgIpc) is 2.67. The van der Waals surface area contributed by atoms with Crippen molar-refractivity contribution >= 4 is 17.3 Å². The third-order valence-electron chi connectivity index (χ3n) is 5.33. The largest absolute Gasteiger partial charge is 0.382 e. The molecule has 5 nitrogen and oxygen atoms in total. The Bertz CT molecular complexity index is 620. The highest BCUT2D eigenvalue weighted by Crippen LogP contribution is 2.24. The van der Waals surface area contributed by atoms with Crippen molar-refractivity contribution in [2.24, 2.45) is 0 Å². The fraction of sp³-hybridized carbons (Fsp3) is 0.619. The number of anilines is 2. The van der Waals surface area contributed by atoms with Crippen molar-refractivity contribution in [1.29, 1.82) is 0 Å². The number of pyridine rings is 1. The van der Waals surface area contributed by atoms with Crippen molar-refractivity contribution in [3.8, 4) is 0 Å². The van der Waals surface area contributed by atoms with Gasteiger partial charge < -0.3 is 10.2 Å². The van der Waals surface area contributed by atoms with E-state index in [4.69, 9.17) is 0 Å². The summed E-state index contributed by atoms with van der Waals surface area (Å²) < 4.78 is 0. The SMILES string of the molecule is CCNc1cccnc1N1CCN(CCCCC2=CC(=O)CCC2)CC1. The lowest BCUT2D eigenvalue weighted by Gasteiger charge is -2.36. The lowest BCUT2D eigenvalue weighted by molar-refractivity contribution is -0.115. The number of ketones is 1. The third kappa shape index (κ3) is 5.31. The van der Waals surface area contributed by atoms with Gasteiger partial charge in [0.05, 0.1) is 5.69 Å². The van der Waals surface area contributed by atoms with Gasteiger partial charge in [-0.1, -0.05) is 5.57 Å². The summed E-state index contributed by atoms with van der Waals surface area (Å²) >= 11 is 0. The molecule has 1 fully saturated rings. The van der Waals surface area contributed by atoms with Gasteiger partial charge in [0, 0.05) is 45.3 Å². The summed E-state index contributed by atoms with van der Waals surface area (Å²) in [5.41, 5.74) is 2.51. The number of hydrogen-bond donors (Lipinski definition) is 1. The molecule has 1 N–H and O–H groups in total. The molecule has 5 heteroatoms. The van der Waals surface area contributed by atoms with Crippen LogP contribution in [0.4, 0.5) is 11.5 Å². The maximum atomic E-state index is 11.5. The van der Waals surface area contributed by atoms with Crippen molar-refractivity contribution in [2.45, 2.75) is 45.4 Å². The van der Waals surface area contributed by atoms with Crippen LogP contribution in [0.5, 0.6) is 0 Å². The Labute approximate surface area is 157 Å². The number of rotatable bonds is 8. The van der Waals surface area contributed by atoms with Gasteiger partial charge in [0.25, 0.3) is 0 Å². The first kappa shape index (κ1) is 18.9. The summed E-state index contributed by atoms with van der Waals surface area (Å²) in [4.78, 5) is 21.0. The van der Waals surface area contributed by atoms with Crippen LogP contribution in [0, 0.1) is 0 Å². The molecule has 26 heavy (non-hydrogen) atoms. The van der Waals surface area contributed by atoms with Crippen molar-refractivity contribution in [2.75, 3.05) is 49.5 Å². The molecule has 0 saturated carbocycles. The number of piperazine rings is 1. The van der Waals surface area contributed by atoms with Crippen LogP contribution in [-0.4, -0.2) is 54.9 Å². The van der Waals surface area contributed by atoms with E-state index in [0.717, 1.165) is 76.5 Å². The van der Waals surface area contributed by atoms with Crippen LogP contribution in [0.15, 0.2) is 30.0 Å². The molecule has 0 spiro atoms. The molecule has 2 aliphatic rings. The smallest absolute Gasteiger partial charge is 0.155 e. The van der Waals surface area contributed by atoms with E-state index in [1.165, 1.54) is 18.4 Å². The van der Waals surface area contributed by atoms with E-state index >= 15 is 0 Å². The number of unbranched alkanes of at least 4 members (excludes halogenated alkanes) is 1. The highest BCUT2D eigenvalue weighted by Gasteiger charge is 2.19. The van der Waals surface area contributed by atoms with Gasteiger partial charge in [-0.25, -0.2) is 4.98 Å². The Hall–Kier alpha value is -1.88. The second-order valence-corrected chi connectivity index (χ2v) is 7.31. The molecule has 1 aliphatic heterocycles. The summed E-state index contributed by atoms with van der Waals surface area (Å²) in [5.74, 6) is 1.41. The van der Waals surface area contributed by atoms with Gasteiger partial charge in [-0.15, -0.1) is 0 Å². The van der Waals surface area contributed by atoms with Gasteiger partial charge in [0.2, 0.25) is 0 Å². The number of hydrogen-bond acceptors (Lipinski definition) is 5. The van der Waals surface area contributed by atoms with Crippen LogP contribution in [0.1, 0.15) is 45.4 Å². The first-order chi connectivity index (χ1) is 12.8. The molecule has 0 bridgehead atoms. The number of nitrogens with zero attached hydrogens (tertiary/aromatic N) is 3. The zero-order chi connectivity index (χ0) is 18.2. The van der Waals surface area contributed by atoms with Crippen molar-refractivity contribution in [3.63, 3.8) is 0 Å². The number of aromatic nitrogens is 1. The predicted octanol–water partition coefficient (Wildman–Crippen LogP) is 3.49. The van der Waals surface area contributed by atoms with Crippen LogP contribution in [0.25, 0.3) is 0 Å². The summed E-state index contributed by atoms with van der Waals surface area (Å²) in [5, 5.41) is 3.41. The highest BCUT2D eigenvalue weighted by atomic mass is 16.1. The lowest BCUT2D eigenvalue weighted by Crippen LogP contribution is -2.47. The Kier molecular flexibility index (Phi) is 7.06. The third-order valence-corrected chi connectivity index (χ3v) is 5.33. The molecule has 142 valence electrons. The normalized spacial score (nSPS) is 18.7. The van der Waals surface area contributed by atoms with Gasteiger partial charge in [-0.2, -0.15) is 0 Å². The minimum Gasteiger partial charge on any atom is -0.382 e. The minimum absolute atomic E-state index is 0.328. The highest BCUT2D eigenvalue weighted by molar-refractivity contribution is 5.91. The topological polar surface area (TPSA) is 48.5 Å². The maximum Gasteiger partial charge on any atom is 0.155 e. The molecule has 2 heterocycles. The Morgan fingerprint density at radius 3 is 2.77 bits per heavy atom. The standard InChI is InChI=1S/C21H32N4O/c1-2-22-20-10-6-11-23-21(20)25-15-13-24(14-16-25)12-4-3-7-18-8-5-9-19(26)17-18/h6,10-11,17,22H,2-5,7-9,12-16H2,1H3. The Morgan fingerprint density at radius 1 is 1.15 bits per heavy atom. The van der Waals surface area contributed by atoms with Crippen molar-refractivity contribution < 1.29 is 4.79 Å². The van der Waals surface area contributed by atoms with Crippen LogP contribution in [0.3, 0.4) is 0 Å². The average molecular weight is 357 g/mol. The quantitative estimate of drug-likeness (QED) is 0.723. The number of carbonyl (C=O) groups is 1. The van der Waals surface area contributed by atoms with E-state index in [2.05, 4.69) is 33.1 Å². The molecule has 0 radical (unpaired) electrons. The number of allylic oxidation sites excluding steroid dienone is 2. The summed E-state index contributed by atoms with van der Waals surface area (Å²) in [6.07, 6.45) is 10.2. The van der Waals surface area contributed by atoms with Crippen LogP contribution in [0.2, 0.25) is 0 Å². The van der Waals surface area contributed by atoms with Gasteiger partial charge in [0.15, 0.2) is 11.6 Å². The van der Waals surface area contributed by atoms with Crippen LogP contribution < -0.4 is 10.2 Å².